The Morgan fingerprint density at radius 3 is 3.00 bits per heavy atom. The second-order valence-electron chi connectivity index (χ2n) is 4.26. The zero-order chi connectivity index (χ0) is 13.7. The van der Waals surface area contributed by atoms with Crippen LogP contribution in [0.25, 0.3) is 0 Å². The maximum absolute atomic E-state index is 11.9. The lowest BCUT2D eigenvalue weighted by molar-refractivity contribution is 0.0953. The van der Waals surface area contributed by atoms with Gasteiger partial charge in [-0.15, -0.1) is 0 Å². The van der Waals surface area contributed by atoms with Crippen LogP contribution in [-0.2, 0) is 6.42 Å². The van der Waals surface area contributed by atoms with E-state index < -0.39 is 0 Å². The molecule has 6 heteroatoms. The van der Waals surface area contributed by atoms with Gasteiger partial charge in [0.1, 0.15) is 12.2 Å². The van der Waals surface area contributed by atoms with Gasteiger partial charge in [-0.1, -0.05) is 17.7 Å². The first-order chi connectivity index (χ1) is 9.16. The van der Waals surface area contributed by atoms with Gasteiger partial charge in [-0.05, 0) is 31.0 Å². The molecule has 0 aliphatic heterocycles. The molecule has 0 aliphatic carbocycles. The molecule has 2 rings (SSSR count). The van der Waals surface area contributed by atoms with E-state index in [4.69, 9.17) is 11.6 Å². The number of hydrogen-bond donors (Lipinski definition) is 2. The van der Waals surface area contributed by atoms with Crippen molar-refractivity contribution in [3.63, 3.8) is 0 Å². The van der Waals surface area contributed by atoms with Crippen molar-refractivity contribution < 1.29 is 4.79 Å². The molecular weight excluding hydrogens is 264 g/mol. The predicted octanol–water partition coefficient (Wildman–Crippen LogP) is 2.13. The third-order valence-electron chi connectivity index (χ3n) is 2.77. The normalized spacial score (nSPS) is 10.4. The number of H-pyrrole nitrogens is 1. The lowest BCUT2D eigenvalue weighted by Gasteiger charge is -2.06. The van der Waals surface area contributed by atoms with E-state index in [9.17, 15) is 4.79 Å². The van der Waals surface area contributed by atoms with Crippen LogP contribution in [0.3, 0.4) is 0 Å². The minimum absolute atomic E-state index is 0.112. The van der Waals surface area contributed by atoms with Crippen LogP contribution < -0.4 is 5.32 Å². The van der Waals surface area contributed by atoms with Crippen molar-refractivity contribution in [3.05, 3.63) is 46.5 Å². The number of aryl methyl sites for hydroxylation is 2. The van der Waals surface area contributed by atoms with Crippen molar-refractivity contribution in [2.75, 3.05) is 6.54 Å². The van der Waals surface area contributed by atoms with E-state index >= 15 is 0 Å². The fraction of sp³-hybridized carbons (Fsp3) is 0.308. The molecule has 1 aromatic carbocycles. The lowest BCUT2D eigenvalue weighted by atomic mass is 10.1. The largest absolute Gasteiger partial charge is 0.352 e. The minimum Gasteiger partial charge on any atom is -0.352 e. The van der Waals surface area contributed by atoms with Gasteiger partial charge in [0.05, 0.1) is 0 Å². The number of carbonyl (C=O) groups excluding carboxylic acids is 1. The summed E-state index contributed by atoms with van der Waals surface area (Å²) in [6.45, 7) is 2.49. The molecule has 5 nitrogen and oxygen atoms in total. The maximum atomic E-state index is 11.9. The Bertz CT molecular complexity index is 554. The van der Waals surface area contributed by atoms with E-state index in [1.165, 1.54) is 6.33 Å². The number of rotatable bonds is 5. The van der Waals surface area contributed by atoms with Gasteiger partial charge in [0.15, 0.2) is 0 Å². The Hall–Kier alpha value is -1.88. The van der Waals surface area contributed by atoms with Crippen LogP contribution in [0.15, 0.2) is 24.5 Å². The average Bonchev–Trinajstić information content (AvgIpc) is 2.91. The number of amides is 1. The van der Waals surface area contributed by atoms with Crippen LogP contribution >= 0.6 is 11.6 Å². The van der Waals surface area contributed by atoms with Gasteiger partial charge in [0.2, 0.25) is 0 Å². The Labute approximate surface area is 116 Å². The number of nitrogens with one attached hydrogen (secondary N) is 2. The molecule has 1 aromatic heterocycles. The zero-order valence-corrected chi connectivity index (χ0v) is 11.4. The van der Waals surface area contributed by atoms with Crippen molar-refractivity contribution in [3.8, 4) is 0 Å². The van der Waals surface area contributed by atoms with E-state index in [0.717, 1.165) is 24.2 Å². The van der Waals surface area contributed by atoms with Gasteiger partial charge in [0.25, 0.3) is 5.91 Å². The summed E-state index contributed by atoms with van der Waals surface area (Å²) in [5.41, 5.74) is 1.54. The van der Waals surface area contributed by atoms with Gasteiger partial charge in [-0.25, -0.2) is 4.98 Å². The number of carbonyl (C=O) groups is 1. The van der Waals surface area contributed by atoms with E-state index in [-0.39, 0.29) is 5.91 Å². The number of aromatic nitrogens is 3. The molecular formula is C13H15ClN4O. The molecule has 2 N–H and O–H groups in total. The van der Waals surface area contributed by atoms with Crippen molar-refractivity contribution in [1.82, 2.24) is 20.5 Å². The first-order valence-corrected chi connectivity index (χ1v) is 6.43. The highest BCUT2D eigenvalue weighted by Crippen LogP contribution is 2.16. The molecule has 1 amide bonds. The van der Waals surface area contributed by atoms with Crippen LogP contribution in [0.5, 0.6) is 0 Å². The van der Waals surface area contributed by atoms with Gasteiger partial charge < -0.3 is 5.32 Å². The van der Waals surface area contributed by atoms with Gasteiger partial charge >= 0.3 is 0 Å². The minimum atomic E-state index is -0.112. The number of benzene rings is 1. The summed E-state index contributed by atoms with van der Waals surface area (Å²) in [4.78, 5) is 15.9. The Balaban J connectivity index is 1.79. The van der Waals surface area contributed by atoms with Crippen LogP contribution in [0.1, 0.15) is 28.2 Å². The third kappa shape index (κ3) is 3.79. The lowest BCUT2D eigenvalue weighted by Crippen LogP contribution is -2.24. The van der Waals surface area contributed by atoms with E-state index in [1.807, 2.05) is 13.0 Å². The molecule has 0 fully saturated rings. The highest BCUT2D eigenvalue weighted by Gasteiger charge is 2.06. The molecule has 0 aliphatic rings. The molecule has 0 unspecified atom stereocenters. The van der Waals surface area contributed by atoms with E-state index in [0.29, 0.717) is 17.1 Å². The second-order valence-corrected chi connectivity index (χ2v) is 4.66. The van der Waals surface area contributed by atoms with E-state index in [1.54, 1.807) is 12.1 Å². The van der Waals surface area contributed by atoms with E-state index in [2.05, 4.69) is 20.5 Å². The van der Waals surface area contributed by atoms with Crippen molar-refractivity contribution in [1.29, 1.82) is 0 Å². The monoisotopic (exact) mass is 278 g/mol. The quantitative estimate of drug-likeness (QED) is 0.823. The van der Waals surface area contributed by atoms with Gasteiger partial charge in [-0.3, -0.25) is 9.89 Å². The third-order valence-corrected chi connectivity index (χ3v) is 3.18. The molecule has 0 radical (unpaired) electrons. The molecule has 100 valence electrons. The van der Waals surface area contributed by atoms with Crippen molar-refractivity contribution >= 4 is 17.5 Å². The predicted molar refractivity (Wildman–Crippen MR) is 73.2 cm³/mol. The maximum Gasteiger partial charge on any atom is 0.251 e. The zero-order valence-electron chi connectivity index (χ0n) is 10.6. The number of nitrogens with zero attached hydrogens (tertiary/aromatic N) is 2. The topological polar surface area (TPSA) is 70.7 Å². The molecule has 19 heavy (non-hydrogen) atoms. The summed E-state index contributed by atoms with van der Waals surface area (Å²) in [5, 5.41) is 10.00. The highest BCUT2D eigenvalue weighted by atomic mass is 35.5. The number of halogens is 1. The molecule has 0 spiro atoms. The SMILES string of the molecule is Cc1ccc(C(=O)NCCCc2ncn[nH]2)cc1Cl. The Morgan fingerprint density at radius 1 is 1.47 bits per heavy atom. The van der Waals surface area contributed by atoms with Crippen molar-refractivity contribution in [2.24, 2.45) is 0 Å². The summed E-state index contributed by atoms with van der Waals surface area (Å²) in [6.07, 6.45) is 3.04. The van der Waals surface area contributed by atoms with Crippen LogP contribution in [0.2, 0.25) is 5.02 Å². The van der Waals surface area contributed by atoms with Crippen molar-refractivity contribution in [2.45, 2.75) is 19.8 Å². The smallest absolute Gasteiger partial charge is 0.251 e. The molecule has 0 bridgehead atoms. The van der Waals surface area contributed by atoms with Gasteiger partial charge in [-0.2, -0.15) is 5.10 Å². The molecule has 0 atom stereocenters. The fourth-order valence-electron chi connectivity index (χ4n) is 1.65. The second kappa shape index (κ2) is 6.33. The molecule has 2 aromatic rings. The molecule has 1 heterocycles. The fourth-order valence-corrected chi connectivity index (χ4v) is 1.83. The van der Waals surface area contributed by atoms with Crippen LogP contribution in [-0.4, -0.2) is 27.6 Å². The first-order valence-electron chi connectivity index (χ1n) is 6.05. The average molecular weight is 279 g/mol. The number of aromatic amines is 1. The molecule has 0 saturated heterocycles. The number of hydrogen-bond acceptors (Lipinski definition) is 3. The standard InChI is InChI=1S/C13H15ClN4O/c1-9-4-5-10(7-11(9)14)13(19)15-6-2-3-12-16-8-17-18-12/h4-5,7-8H,2-3,6H2,1H3,(H,15,19)(H,16,17,18). The Morgan fingerprint density at radius 2 is 2.32 bits per heavy atom. The summed E-state index contributed by atoms with van der Waals surface area (Å²) in [5.74, 6) is 0.715. The highest BCUT2D eigenvalue weighted by molar-refractivity contribution is 6.31. The summed E-state index contributed by atoms with van der Waals surface area (Å²) in [6, 6.07) is 5.29. The van der Waals surface area contributed by atoms with Crippen LogP contribution in [0, 0.1) is 6.92 Å². The summed E-state index contributed by atoms with van der Waals surface area (Å²) >= 11 is 5.99. The van der Waals surface area contributed by atoms with Gasteiger partial charge in [0, 0.05) is 23.6 Å². The summed E-state index contributed by atoms with van der Waals surface area (Å²) < 4.78 is 0. The van der Waals surface area contributed by atoms with Crippen LogP contribution in [0.4, 0.5) is 0 Å². The summed E-state index contributed by atoms with van der Waals surface area (Å²) in [7, 11) is 0. The molecule has 0 saturated carbocycles. The first kappa shape index (κ1) is 13.5. The Kier molecular flexibility index (Phi) is 4.52.